The molecule has 2 aliphatic carbocycles. The van der Waals surface area contributed by atoms with Crippen LogP contribution in [0.4, 0.5) is 0 Å². The lowest BCUT2D eigenvalue weighted by Gasteiger charge is -2.63. The SMILES string of the molecule is C=CC(C)=CCC1C(C)(O)CCC2C(C)(COC(=O)C=Cc3ccc(OC(C)=O)cc3)CCC(OC(C)=O)C12C. The van der Waals surface area contributed by atoms with Gasteiger partial charge in [-0.25, -0.2) is 4.79 Å². The number of carbonyl (C=O) groups is 3. The molecule has 7 nitrogen and oxygen atoms in total. The maximum Gasteiger partial charge on any atom is 0.330 e. The van der Waals surface area contributed by atoms with E-state index in [1.54, 1.807) is 36.4 Å². The van der Waals surface area contributed by atoms with E-state index in [1.165, 1.54) is 19.9 Å². The number of allylic oxidation sites excluding steroid dienone is 3. The van der Waals surface area contributed by atoms with Gasteiger partial charge in [0.2, 0.25) is 0 Å². The molecule has 218 valence electrons. The van der Waals surface area contributed by atoms with Gasteiger partial charge in [0.1, 0.15) is 11.9 Å². The molecule has 0 spiro atoms. The molecule has 1 aromatic carbocycles. The van der Waals surface area contributed by atoms with Crippen LogP contribution in [-0.4, -0.2) is 41.3 Å². The van der Waals surface area contributed by atoms with Crippen LogP contribution in [0.15, 0.2) is 54.6 Å². The Bertz CT molecular complexity index is 1160. The minimum absolute atomic E-state index is 0.0614. The molecule has 2 aliphatic rings. The number of esters is 3. The fourth-order valence-corrected chi connectivity index (χ4v) is 7.04. The van der Waals surface area contributed by atoms with E-state index in [9.17, 15) is 19.5 Å². The molecule has 0 aliphatic heterocycles. The summed E-state index contributed by atoms with van der Waals surface area (Å²) in [6, 6.07) is 6.83. The van der Waals surface area contributed by atoms with Crippen molar-refractivity contribution in [2.75, 3.05) is 6.61 Å². The van der Waals surface area contributed by atoms with E-state index in [2.05, 4.69) is 26.5 Å². The second-order valence-electron chi connectivity index (χ2n) is 12.1. The van der Waals surface area contributed by atoms with Crippen molar-refractivity contribution >= 4 is 24.0 Å². The quantitative estimate of drug-likeness (QED) is 0.168. The molecule has 0 heterocycles. The Balaban J connectivity index is 1.80. The monoisotopic (exact) mass is 552 g/mol. The van der Waals surface area contributed by atoms with Crippen molar-refractivity contribution < 1.29 is 33.7 Å². The summed E-state index contributed by atoms with van der Waals surface area (Å²) in [5.41, 5.74) is -0.0132. The van der Waals surface area contributed by atoms with Crippen molar-refractivity contribution in [2.24, 2.45) is 22.7 Å². The van der Waals surface area contributed by atoms with Crippen molar-refractivity contribution in [1.82, 2.24) is 0 Å². The topological polar surface area (TPSA) is 99.1 Å². The van der Waals surface area contributed by atoms with Gasteiger partial charge in [-0.15, -0.1) is 0 Å². The Kier molecular flexibility index (Phi) is 9.83. The molecular formula is C33H44O7. The normalized spacial score (nSPS) is 32.2. The average molecular weight is 553 g/mol. The number of ether oxygens (including phenoxy) is 3. The molecule has 3 rings (SSSR count). The molecule has 0 aromatic heterocycles. The molecule has 1 N–H and O–H groups in total. The van der Waals surface area contributed by atoms with Crippen LogP contribution in [0.2, 0.25) is 0 Å². The van der Waals surface area contributed by atoms with Crippen LogP contribution >= 0.6 is 0 Å². The van der Waals surface area contributed by atoms with Gasteiger partial charge in [0.15, 0.2) is 0 Å². The first-order valence-corrected chi connectivity index (χ1v) is 14.0. The third-order valence-corrected chi connectivity index (χ3v) is 9.11. The highest BCUT2D eigenvalue weighted by Gasteiger charge is 2.63. The van der Waals surface area contributed by atoms with Gasteiger partial charge in [-0.1, -0.05) is 50.3 Å². The minimum atomic E-state index is -0.940. The zero-order valence-corrected chi connectivity index (χ0v) is 24.7. The number of aliphatic hydroxyl groups is 1. The van der Waals surface area contributed by atoms with Gasteiger partial charge in [-0.05, 0) is 81.6 Å². The molecule has 0 radical (unpaired) electrons. The van der Waals surface area contributed by atoms with Gasteiger partial charge >= 0.3 is 17.9 Å². The fraction of sp³-hybridized carbons (Fsp3) is 0.545. The number of benzene rings is 1. The summed E-state index contributed by atoms with van der Waals surface area (Å²) in [6.45, 7) is 15.0. The Labute approximate surface area is 238 Å². The highest BCUT2D eigenvalue weighted by atomic mass is 16.5. The fourth-order valence-electron chi connectivity index (χ4n) is 7.04. The molecule has 1 aromatic rings. The predicted molar refractivity (Wildman–Crippen MR) is 154 cm³/mol. The molecule has 40 heavy (non-hydrogen) atoms. The third-order valence-electron chi connectivity index (χ3n) is 9.11. The van der Waals surface area contributed by atoms with Crippen molar-refractivity contribution in [3.05, 3.63) is 60.2 Å². The maximum atomic E-state index is 12.7. The second-order valence-corrected chi connectivity index (χ2v) is 12.1. The van der Waals surface area contributed by atoms with Gasteiger partial charge in [0.05, 0.1) is 12.2 Å². The largest absolute Gasteiger partial charge is 0.462 e. The number of carbonyl (C=O) groups excluding carboxylic acids is 3. The number of hydrogen-bond acceptors (Lipinski definition) is 7. The lowest BCUT2D eigenvalue weighted by Crippen LogP contribution is -2.64. The molecular weight excluding hydrogens is 508 g/mol. The smallest absolute Gasteiger partial charge is 0.330 e. The standard InChI is InChI=1S/C33H44O7/c1-8-22(2)9-15-28-32(6,37)20-17-27-31(5,19-18-29(33(27,28)7)40-24(4)35)21-38-30(36)16-12-25-10-13-26(14-11-25)39-23(3)34/h8-14,16,27-29,37H,1,15,17-21H2,2-7H3. The van der Waals surface area contributed by atoms with E-state index in [0.29, 0.717) is 25.0 Å². The molecule has 0 bridgehead atoms. The molecule has 0 saturated heterocycles. The van der Waals surface area contributed by atoms with E-state index in [0.717, 1.165) is 24.0 Å². The molecule has 2 saturated carbocycles. The Hall–Kier alpha value is -3.19. The summed E-state index contributed by atoms with van der Waals surface area (Å²) in [7, 11) is 0. The van der Waals surface area contributed by atoms with Crippen LogP contribution in [0.5, 0.6) is 5.75 Å². The maximum absolute atomic E-state index is 12.7. The van der Waals surface area contributed by atoms with E-state index < -0.39 is 23.0 Å². The van der Waals surface area contributed by atoms with Crippen molar-refractivity contribution in [3.63, 3.8) is 0 Å². The van der Waals surface area contributed by atoms with Gasteiger partial charge < -0.3 is 19.3 Å². The van der Waals surface area contributed by atoms with E-state index in [4.69, 9.17) is 14.2 Å². The summed E-state index contributed by atoms with van der Waals surface area (Å²) in [4.78, 5) is 36.0. The lowest BCUT2D eigenvalue weighted by molar-refractivity contribution is -0.230. The van der Waals surface area contributed by atoms with Gasteiger partial charge in [-0.2, -0.15) is 0 Å². The predicted octanol–water partition coefficient (Wildman–Crippen LogP) is 6.21. The van der Waals surface area contributed by atoms with Crippen molar-refractivity contribution in [3.8, 4) is 5.75 Å². The van der Waals surface area contributed by atoms with Crippen LogP contribution in [0.25, 0.3) is 6.08 Å². The van der Waals surface area contributed by atoms with Gasteiger partial charge in [0, 0.05) is 30.8 Å². The summed E-state index contributed by atoms with van der Waals surface area (Å²) in [6.07, 6.45) is 9.94. The minimum Gasteiger partial charge on any atom is -0.462 e. The second kappa shape index (κ2) is 12.5. The van der Waals surface area contributed by atoms with Crippen LogP contribution in [0, 0.1) is 22.7 Å². The Morgan fingerprint density at radius 1 is 1.02 bits per heavy atom. The Morgan fingerprint density at radius 2 is 1.70 bits per heavy atom. The number of hydrogen-bond donors (Lipinski definition) is 1. The summed E-state index contributed by atoms with van der Waals surface area (Å²) in [5.74, 6) is -0.831. The van der Waals surface area contributed by atoms with Gasteiger partial charge in [-0.3, -0.25) is 9.59 Å². The molecule has 2 fully saturated rings. The van der Waals surface area contributed by atoms with E-state index >= 15 is 0 Å². The van der Waals surface area contributed by atoms with Crippen molar-refractivity contribution in [2.45, 2.75) is 85.4 Å². The first kappa shape index (κ1) is 31.3. The van der Waals surface area contributed by atoms with Crippen LogP contribution < -0.4 is 4.74 Å². The summed E-state index contributed by atoms with van der Waals surface area (Å²) < 4.78 is 16.8. The highest BCUT2D eigenvalue weighted by molar-refractivity contribution is 5.87. The first-order valence-electron chi connectivity index (χ1n) is 14.0. The molecule has 6 unspecified atom stereocenters. The number of fused-ring (bicyclic) bond motifs is 1. The van der Waals surface area contributed by atoms with Crippen molar-refractivity contribution in [1.29, 1.82) is 0 Å². The highest BCUT2D eigenvalue weighted by Crippen LogP contribution is 2.63. The summed E-state index contributed by atoms with van der Waals surface area (Å²) >= 11 is 0. The molecule has 0 amide bonds. The summed E-state index contributed by atoms with van der Waals surface area (Å²) in [5, 5.41) is 11.6. The molecule has 6 atom stereocenters. The van der Waals surface area contributed by atoms with Gasteiger partial charge in [0.25, 0.3) is 0 Å². The average Bonchev–Trinajstić information content (AvgIpc) is 2.87. The molecule has 7 heteroatoms. The zero-order chi connectivity index (χ0) is 29.7. The number of rotatable bonds is 9. The zero-order valence-electron chi connectivity index (χ0n) is 24.7. The van der Waals surface area contributed by atoms with Crippen LogP contribution in [-0.2, 0) is 23.9 Å². The van der Waals surface area contributed by atoms with Crippen LogP contribution in [0.3, 0.4) is 0 Å². The first-order chi connectivity index (χ1) is 18.7. The van der Waals surface area contributed by atoms with Crippen LogP contribution in [0.1, 0.15) is 79.2 Å². The Morgan fingerprint density at radius 3 is 2.30 bits per heavy atom. The van der Waals surface area contributed by atoms with E-state index in [-0.39, 0.29) is 35.9 Å². The van der Waals surface area contributed by atoms with E-state index in [1.807, 2.05) is 13.8 Å². The third kappa shape index (κ3) is 7.11. The lowest BCUT2D eigenvalue weighted by atomic mass is 9.44.